The van der Waals surface area contributed by atoms with E-state index in [4.69, 9.17) is 0 Å². The van der Waals surface area contributed by atoms with Crippen molar-refractivity contribution in [3.63, 3.8) is 0 Å². The molecule has 0 bridgehead atoms. The van der Waals surface area contributed by atoms with Gasteiger partial charge in [-0.15, -0.1) is 11.3 Å². The normalized spacial score (nSPS) is 12.9. The van der Waals surface area contributed by atoms with E-state index < -0.39 is 0 Å². The Bertz CT molecular complexity index is 3170. The summed E-state index contributed by atoms with van der Waals surface area (Å²) in [6.45, 7) is 4.73. The van der Waals surface area contributed by atoms with Gasteiger partial charge in [0.25, 0.3) is 0 Å². The minimum atomic E-state index is -0.0926. The van der Waals surface area contributed by atoms with Crippen LogP contribution in [0.3, 0.4) is 0 Å². The lowest BCUT2D eigenvalue weighted by molar-refractivity contribution is 0.660. The fraction of sp³-hybridized carbons (Fsp3) is 0.0545. The Morgan fingerprint density at radius 3 is 1.77 bits per heavy atom. The molecule has 0 unspecified atom stereocenters. The van der Waals surface area contributed by atoms with Crippen LogP contribution in [0.5, 0.6) is 0 Å². The van der Waals surface area contributed by atoms with Crippen LogP contribution in [0.15, 0.2) is 200 Å². The van der Waals surface area contributed by atoms with Gasteiger partial charge in [-0.25, -0.2) is 0 Å². The third-order valence-corrected chi connectivity index (χ3v) is 13.3. The number of anilines is 3. The summed E-state index contributed by atoms with van der Waals surface area (Å²) in [6.07, 6.45) is 0. The first-order valence-corrected chi connectivity index (χ1v) is 20.6. The van der Waals surface area contributed by atoms with Crippen molar-refractivity contribution in [3.05, 3.63) is 211 Å². The zero-order chi connectivity index (χ0) is 38.1. The molecule has 11 rings (SSSR count). The third kappa shape index (κ3) is 5.36. The third-order valence-electron chi connectivity index (χ3n) is 12.1. The van der Waals surface area contributed by atoms with Gasteiger partial charge in [0.2, 0.25) is 0 Å². The van der Waals surface area contributed by atoms with Crippen LogP contribution in [0.4, 0.5) is 17.1 Å². The number of hydrogen-bond donors (Lipinski definition) is 0. The topological polar surface area (TPSA) is 3.24 Å². The molecule has 0 N–H and O–H groups in total. The number of para-hydroxylation sites is 2. The van der Waals surface area contributed by atoms with Crippen LogP contribution in [0.1, 0.15) is 25.0 Å². The van der Waals surface area contributed by atoms with Crippen molar-refractivity contribution in [1.29, 1.82) is 0 Å². The van der Waals surface area contributed by atoms with Crippen molar-refractivity contribution in [2.75, 3.05) is 4.90 Å². The van der Waals surface area contributed by atoms with Crippen LogP contribution in [0, 0.1) is 0 Å². The second-order valence-corrected chi connectivity index (χ2v) is 16.7. The van der Waals surface area contributed by atoms with Crippen LogP contribution >= 0.6 is 11.3 Å². The Balaban J connectivity index is 1.14. The van der Waals surface area contributed by atoms with Crippen molar-refractivity contribution < 1.29 is 0 Å². The Hall–Kier alpha value is -6.74. The van der Waals surface area contributed by atoms with Gasteiger partial charge in [-0.2, -0.15) is 0 Å². The van der Waals surface area contributed by atoms with Gasteiger partial charge in [0.1, 0.15) is 0 Å². The van der Waals surface area contributed by atoms with Crippen LogP contribution in [-0.4, -0.2) is 0 Å². The smallest absolute Gasteiger partial charge is 0.0540 e. The van der Waals surface area contributed by atoms with E-state index in [0.717, 1.165) is 17.1 Å². The summed E-state index contributed by atoms with van der Waals surface area (Å²) in [5.74, 6) is 0. The molecule has 0 radical (unpaired) electrons. The molecule has 57 heavy (non-hydrogen) atoms. The van der Waals surface area contributed by atoms with Crippen molar-refractivity contribution in [1.82, 2.24) is 0 Å². The highest BCUT2D eigenvalue weighted by atomic mass is 32.1. The summed E-state index contributed by atoms with van der Waals surface area (Å²) < 4.78 is 2.62. The van der Waals surface area contributed by atoms with E-state index in [-0.39, 0.29) is 5.41 Å². The molecular formula is C55H39NS. The van der Waals surface area contributed by atoms with E-state index in [1.807, 2.05) is 11.3 Å². The molecule has 1 aromatic heterocycles. The highest BCUT2D eigenvalue weighted by molar-refractivity contribution is 7.26. The maximum absolute atomic E-state index is 2.49. The van der Waals surface area contributed by atoms with Gasteiger partial charge >= 0.3 is 0 Å². The molecule has 0 atom stereocenters. The summed E-state index contributed by atoms with van der Waals surface area (Å²) in [5.41, 5.74) is 16.0. The van der Waals surface area contributed by atoms with Crippen LogP contribution in [-0.2, 0) is 5.41 Å². The fourth-order valence-corrected chi connectivity index (χ4v) is 10.5. The van der Waals surface area contributed by atoms with Gasteiger partial charge in [-0.05, 0) is 86.1 Å². The first kappa shape index (κ1) is 33.6. The molecule has 1 aliphatic carbocycles. The molecule has 270 valence electrons. The molecule has 0 spiro atoms. The van der Waals surface area contributed by atoms with Gasteiger partial charge in [0.05, 0.1) is 11.4 Å². The zero-order valence-corrected chi connectivity index (χ0v) is 32.7. The summed E-state index contributed by atoms with van der Waals surface area (Å²) >= 11 is 1.88. The standard InChI is InChI=1S/C55H39NS/c1-55(2)48-24-9-5-20-47(48)53-44(21-14-25-49(53)55)41-17-6-10-26-50(41)56(40-33-31-37(32-34-40)39-30-29-36-15-3-4-16-38(36)35-39)51-27-11-7-18-42(51)45-22-13-23-46-43-19-8-12-28-52(43)57-54(45)46/h3-35H,1-2H3. The number of benzene rings is 9. The number of rotatable bonds is 6. The molecule has 0 saturated heterocycles. The number of fused-ring (bicyclic) bond motifs is 7. The molecule has 1 aliphatic rings. The van der Waals surface area contributed by atoms with Crippen molar-refractivity contribution in [3.8, 4) is 44.5 Å². The minimum Gasteiger partial charge on any atom is -0.309 e. The Morgan fingerprint density at radius 1 is 0.404 bits per heavy atom. The molecule has 10 aromatic rings. The molecular weight excluding hydrogens is 707 g/mol. The van der Waals surface area contributed by atoms with Crippen LogP contribution in [0.25, 0.3) is 75.5 Å². The van der Waals surface area contributed by atoms with Crippen molar-refractivity contribution in [2.45, 2.75) is 19.3 Å². The number of thiophene rings is 1. The highest BCUT2D eigenvalue weighted by Gasteiger charge is 2.37. The Morgan fingerprint density at radius 2 is 0.965 bits per heavy atom. The maximum Gasteiger partial charge on any atom is 0.0540 e. The quantitative estimate of drug-likeness (QED) is 0.164. The Labute approximate surface area is 337 Å². The van der Waals surface area contributed by atoms with E-state index >= 15 is 0 Å². The van der Waals surface area contributed by atoms with Gasteiger partial charge in [-0.3, -0.25) is 0 Å². The van der Waals surface area contributed by atoms with Crippen molar-refractivity contribution in [2.24, 2.45) is 0 Å². The van der Waals surface area contributed by atoms with Crippen LogP contribution in [0.2, 0.25) is 0 Å². The molecule has 1 nitrogen and oxygen atoms in total. The fourth-order valence-electron chi connectivity index (χ4n) is 9.31. The van der Waals surface area contributed by atoms with Crippen molar-refractivity contribution >= 4 is 59.3 Å². The SMILES string of the molecule is CC1(C)c2ccccc2-c2c(-c3ccccc3N(c3ccc(-c4ccc5ccccc5c4)cc3)c3ccccc3-c3cccc4c3sc3ccccc34)cccc21. The predicted octanol–water partition coefficient (Wildman–Crippen LogP) is 16.0. The predicted molar refractivity (Wildman–Crippen MR) is 245 cm³/mol. The Kier molecular flexibility index (Phi) is 7.77. The highest BCUT2D eigenvalue weighted by Crippen LogP contribution is 2.54. The molecule has 0 fully saturated rings. The average Bonchev–Trinajstić information content (AvgIpc) is 3.76. The average molecular weight is 746 g/mol. The minimum absolute atomic E-state index is 0.0926. The van der Waals surface area contributed by atoms with E-state index in [0.29, 0.717) is 0 Å². The maximum atomic E-state index is 2.49. The van der Waals surface area contributed by atoms with E-state index in [2.05, 4.69) is 219 Å². The van der Waals surface area contributed by atoms with Gasteiger partial charge in [0, 0.05) is 48.0 Å². The first-order valence-electron chi connectivity index (χ1n) is 19.8. The summed E-state index contributed by atoms with van der Waals surface area (Å²) in [7, 11) is 0. The number of nitrogens with zero attached hydrogens (tertiary/aromatic N) is 1. The van der Waals surface area contributed by atoms with Gasteiger partial charge in [-0.1, -0.05) is 178 Å². The molecule has 0 saturated carbocycles. The molecule has 9 aromatic carbocycles. The second kappa shape index (κ2) is 13.2. The summed E-state index contributed by atoms with van der Waals surface area (Å²) in [5, 5.41) is 5.11. The molecule has 2 heteroatoms. The van der Waals surface area contributed by atoms with Crippen LogP contribution < -0.4 is 4.90 Å². The van der Waals surface area contributed by atoms with Gasteiger partial charge in [0.15, 0.2) is 0 Å². The lowest BCUT2D eigenvalue weighted by Gasteiger charge is -2.30. The van der Waals surface area contributed by atoms with Gasteiger partial charge < -0.3 is 4.90 Å². The summed E-state index contributed by atoms with van der Waals surface area (Å²) in [6, 6.07) is 73.9. The first-order chi connectivity index (χ1) is 28.0. The molecule has 0 aliphatic heterocycles. The molecule has 0 amide bonds. The largest absolute Gasteiger partial charge is 0.309 e. The monoisotopic (exact) mass is 745 g/mol. The lowest BCUT2D eigenvalue weighted by atomic mass is 9.82. The van der Waals surface area contributed by atoms with E-state index in [1.54, 1.807) is 0 Å². The second-order valence-electron chi connectivity index (χ2n) is 15.7. The zero-order valence-electron chi connectivity index (χ0n) is 31.9. The van der Waals surface area contributed by atoms with E-state index in [1.165, 1.54) is 86.6 Å². The van der Waals surface area contributed by atoms with E-state index in [9.17, 15) is 0 Å². The lowest BCUT2D eigenvalue weighted by Crippen LogP contribution is -2.15. The number of hydrogen-bond acceptors (Lipinski definition) is 2. The molecule has 1 heterocycles. The summed E-state index contributed by atoms with van der Waals surface area (Å²) in [4.78, 5) is 2.49.